The monoisotopic (exact) mass is 538 g/mol. The van der Waals surface area contributed by atoms with Crippen LogP contribution in [-0.4, -0.2) is 33.1 Å². The van der Waals surface area contributed by atoms with Crippen LogP contribution in [0.25, 0.3) is 0 Å². The summed E-state index contributed by atoms with van der Waals surface area (Å²) in [5, 5.41) is 5.56. The Labute approximate surface area is 224 Å². The zero-order chi connectivity index (χ0) is 27.5. The van der Waals surface area contributed by atoms with Crippen molar-refractivity contribution in [2.24, 2.45) is 0 Å². The highest BCUT2D eigenvalue weighted by molar-refractivity contribution is 7.86. The van der Waals surface area contributed by atoms with Crippen LogP contribution in [0, 0.1) is 20.8 Å². The Bertz CT molecular complexity index is 1300. The summed E-state index contributed by atoms with van der Waals surface area (Å²) in [6.45, 7) is 5.69. The minimum Gasteiger partial charge on any atom is -0.445 e. The van der Waals surface area contributed by atoms with Crippen LogP contribution in [-0.2, 0) is 30.4 Å². The van der Waals surface area contributed by atoms with Gasteiger partial charge in [0.25, 0.3) is 10.1 Å². The minimum atomic E-state index is -3.87. The molecule has 8 nitrogen and oxygen atoms in total. The van der Waals surface area contributed by atoms with E-state index in [-0.39, 0.29) is 30.4 Å². The summed E-state index contributed by atoms with van der Waals surface area (Å²) in [4.78, 5) is 25.7. The number of benzene rings is 3. The quantitative estimate of drug-likeness (QED) is 0.235. The second-order valence-corrected chi connectivity index (χ2v) is 10.7. The Balaban J connectivity index is 1.58. The number of rotatable bonds is 12. The lowest BCUT2D eigenvalue weighted by atomic mass is 10.1. The van der Waals surface area contributed by atoms with Crippen molar-refractivity contribution in [1.82, 2.24) is 5.32 Å². The first-order valence-corrected chi connectivity index (χ1v) is 13.9. The average Bonchev–Trinajstić information content (AvgIpc) is 2.89. The number of amides is 2. The molecule has 38 heavy (non-hydrogen) atoms. The van der Waals surface area contributed by atoms with Gasteiger partial charge in [-0.05, 0) is 68.9 Å². The maximum atomic E-state index is 13.2. The molecule has 0 spiro atoms. The molecule has 3 aromatic rings. The molecule has 0 radical (unpaired) electrons. The summed E-state index contributed by atoms with van der Waals surface area (Å²) in [6.07, 6.45) is 0.367. The second kappa shape index (κ2) is 13.7. The fourth-order valence-electron chi connectivity index (χ4n) is 3.79. The van der Waals surface area contributed by atoms with Crippen molar-refractivity contribution in [3.63, 3.8) is 0 Å². The summed E-state index contributed by atoms with van der Waals surface area (Å²) < 4.78 is 35.2. The van der Waals surface area contributed by atoms with Crippen molar-refractivity contribution in [3.8, 4) is 0 Å². The van der Waals surface area contributed by atoms with E-state index in [4.69, 9.17) is 8.92 Å². The molecule has 0 saturated carbocycles. The van der Waals surface area contributed by atoms with Gasteiger partial charge in [-0.25, -0.2) is 4.79 Å². The maximum Gasteiger partial charge on any atom is 0.408 e. The molecule has 0 aromatic heterocycles. The molecule has 0 aliphatic carbocycles. The van der Waals surface area contributed by atoms with Crippen molar-refractivity contribution >= 4 is 27.8 Å². The Morgan fingerprint density at radius 2 is 1.50 bits per heavy atom. The van der Waals surface area contributed by atoms with Crippen molar-refractivity contribution < 1.29 is 26.9 Å². The van der Waals surface area contributed by atoms with E-state index in [0.29, 0.717) is 18.5 Å². The molecule has 0 aliphatic heterocycles. The molecule has 2 amide bonds. The third kappa shape index (κ3) is 8.71. The van der Waals surface area contributed by atoms with Gasteiger partial charge in [0.15, 0.2) is 0 Å². The van der Waals surface area contributed by atoms with Crippen LogP contribution >= 0.6 is 0 Å². The van der Waals surface area contributed by atoms with Crippen LogP contribution in [0.5, 0.6) is 0 Å². The molecular weight excluding hydrogens is 504 g/mol. The number of hydrogen-bond donors (Lipinski definition) is 2. The van der Waals surface area contributed by atoms with Gasteiger partial charge in [-0.3, -0.25) is 8.98 Å². The van der Waals surface area contributed by atoms with Gasteiger partial charge in [-0.15, -0.1) is 0 Å². The summed E-state index contributed by atoms with van der Waals surface area (Å²) in [5.74, 6) is -0.382. The predicted octanol–water partition coefficient (Wildman–Crippen LogP) is 5.42. The van der Waals surface area contributed by atoms with Crippen LogP contribution in [0.15, 0.2) is 77.7 Å². The van der Waals surface area contributed by atoms with Crippen LogP contribution in [0.2, 0.25) is 0 Å². The third-order valence-electron chi connectivity index (χ3n) is 5.99. The first-order valence-electron chi connectivity index (χ1n) is 12.5. The predicted molar refractivity (Wildman–Crippen MR) is 146 cm³/mol. The van der Waals surface area contributed by atoms with Gasteiger partial charge in [0.2, 0.25) is 5.91 Å². The fourth-order valence-corrected chi connectivity index (χ4v) is 4.73. The number of ether oxygens (including phenoxy) is 1. The van der Waals surface area contributed by atoms with Gasteiger partial charge in [-0.2, -0.15) is 8.42 Å². The van der Waals surface area contributed by atoms with Crippen molar-refractivity contribution in [2.75, 3.05) is 11.9 Å². The number of hydrogen-bond acceptors (Lipinski definition) is 6. The number of aryl methyl sites for hydroxylation is 3. The molecule has 2 N–H and O–H groups in total. The Morgan fingerprint density at radius 3 is 2.16 bits per heavy atom. The van der Waals surface area contributed by atoms with E-state index in [2.05, 4.69) is 10.6 Å². The molecular formula is C29H34N2O6S. The molecule has 0 bridgehead atoms. The van der Waals surface area contributed by atoms with Gasteiger partial charge in [0.1, 0.15) is 12.6 Å². The van der Waals surface area contributed by atoms with Gasteiger partial charge >= 0.3 is 6.09 Å². The lowest BCUT2D eigenvalue weighted by Gasteiger charge is -2.20. The standard InChI is InChI=1S/C29H34N2O6S/c1-21-15-17-25(18-16-21)38(34,35)37-19-8-7-14-26(28(32)31-27-22(2)10-9-11-23(27)3)30-29(33)36-20-24-12-5-4-6-13-24/h4-6,9-13,15-18,26H,7-8,14,19-20H2,1-3H3,(H,30,33)(H,31,32)/t26-/m0/s1. The average molecular weight is 539 g/mol. The van der Waals surface area contributed by atoms with E-state index in [1.165, 1.54) is 12.1 Å². The van der Waals surface area contributed by atoms with E-state index in [0.717, 1.165) is 22.3 Å². The first kappa shape index (κ1) is 28.9. The number of carbonyl (C=O) groups is 2. The normalized spacial score (nSPS) is 12.0. The smallest absolute Gasteiger partial charge is 0.408 e. The summed E-state index contributed by atoms with van der Waals surface area (Å²) in [5.41, 5.74) is 4.27. The molecule has 9 heteroatoms. The second-order valence-electron chi connectivity index (χ2n) is 9.10. The van der Waals surface area contributed by atoms with E-state index in [9.17, 15) is 18.0 Å². The molecule has 202 valence electrons. The number of unbranched alkanes of at least 4 members (excludes halogenated alkanes) is 1. The summed E-state index contributed by atoms with van der Waals surface area (Å²) >= 11 is 0. The highest BCUT2D eigenvalue weighted by atomic mass is 32.2. The zero-order valence-corrected chi connectivity index (χ0v) is 22.7. The Hall–Kier alpha value is -3.69. The lowest BCUT2D eigenvalue weighted by Crippen LogP contribution is -2.44. The van der Waals surface area contributed by atoms with E-state index in [1.54, 1.807) is 12.1 Å². The van der Waals surface area contributed by atoms with E-state index < -0.39 is 22.3 Å². The summed E-state index contributed by atoms with van der Waals surface area (Å²) in [7, 11) is -3.87. The van der Waals surface area contributed by atoms with E-state index >= 15 is 0 Å². The molecule has 0 fully saturated rings. The number of nitrogens with one attached hydrogen (secondary N) is 2. The highest BCUT2D eigenvalue weighted by Gasteiger charge is 2.23. The van der Waals surface area contributed by atoms with Crippen LogP contribution < -0.4 is 10.6 Å². The largest absolute Gasteiger partial charge is 0.445 e. The SMILES string of the molecule is Cc1ccc(S(=O)(=O)OCCCC[C@H](NC(=O)OCc2ccccc2)C(=O)Nc2c(C)cccc2C)cc1. The molecule has 0 aliphatic rings. The third-order valence-corrected chi connectivity index (χ3v) is 7.31. The van der Waals surface area contributed by atoms with Gasteiger partial charge in [0, 0.05) is 5.69 Å². The first-order chi connectivity index (χ1) is 18.2. The molecule has 3 aromatic carbocycles. The topological polar surface area (TPSA) is 111 Å². The lowest BCUT2D eigenvalue weighted by molar-refractivity contribution is -0.118. The van der Waals surface area contributed by atoms with Crippen LogP contribution in [0.3, 0.4) is 0 Å². The molecule has 3 rings (SSSR count). The Morgan fingerprint density at radius 1 is 0.842 bits per heavy atom. The van der Waals surface area contributed by atoms with Gasteiger partial charge < -0.3 is 15.4 Å². The highest BCUT2D eigenvalue weighted by Crippen LogP contribution is 2.20. The number of alkyl carbamates (subject to hydrolysis) is 1. The van der Waals surface area contributed by atoms with E-state index in [1.807, 2.05) is 69.3 Å². The summed E-state index contributed by atoms with van der Waals surface area (Å²) in [6, 6.07) is 20.5. The fraction of sp³-hybridized carbons (Fsp3) is 0.310. The zero-order valence-electron chi connectivity index (χ0n) is 21.9. The molecule has 1 atom stereocenters. The Kier molecular flexibility index (Phi) is 10.4. The molecule has 0 heterocycles. The molecule has 0 unspecified atom stereocenters. The van der Waals surface area contributed by atoms with Gasteiger partial charge in [0.05, 0.1) is 11.5 Å². The van der Waals surface area contributed by atoms with Crippen LogP contribution in [0.4, 0.5) is 10.5 Å². The van der Waals surface area contributed by atoms with Crippen molar-refractivity contribution in [2.45, 2.75) is 57.6 Å². The number of carbonyl (C=O) groups excluding carboxylic acids is 2. The number of anilines is 1. The maximum absolute atomic E-state index is 13.2. The van der Waals surface area contributed by atoms with Crippen molar-refractivity contribution in [1.29, 1.82) is 0 Å². The number of para-hydroxylation sites is 1. The van der Waals surface area contributed by atoms with Crippen LogP contribution in [0.1, 0.15) is 41.5 Å². The molecule has 0 saturated heterocycles. The minimum absolute atomic E-state index is 0.0418. The van der Waals surface area contributed by atoms with Crippen molar-refractivity contribution in [3.05, 3.63) is 95.1 Å². The van der Waals surface area contributed by atoms with Gasteiger partial charge in [-0.1, -0.05) is 66.2 Å².